The molecular weight excluding hydrogens is 304 g/mol. The fraction of sp³-hybridized carbons (Fsp3) is 0.438. The van der Waals surface area contributed by atoms with Crippen molar-refractivity contribution in [3.05, 3.63) is 24.3 Å². The number of unbranched alkanes of at least 4 members (excludes halogenated alkanes) is 1. The maximum Gasteiger partial charge on any atom is 0.322 e. The monoisotopic (exact) mass is 324 g/mol. The largest absolute Gasteiger partial charge is 0.481 e. The Morgan fingerprint density at radius 2 is 1.95 bits per heavy atom. The summed E-state index contributed by atoms with van der Waals surface area (Å²) in [5.74, 6) is 4.59. The van der Waals surface area contributed by atoms with Crippen LogP contribution in [0.25, 0.3) is 0 Å². The van der Waals surface area contributed by atoms with Crippen LogP contribution < -0.4 is 4.74 Å². The van der Waals surface area contributed by atoms with Crippen molar-refractivity contribution >= 4 is 15.8 Å². The Balaban J connectivity index is 2.95. The van der Waals surface area contributed by atoms with Crippen LogP contribution in [-0.4, -0.2) is 31.4 Å². The first-order valence-electron chi connectivity index (χ1n) is 7.02. The predicted octanol–water partition coefficient (Wildman–Crippen LogP) is 2.51. The van der Waals surface area contributed by atoms with E-state index in [1.165, 1.54) is 24.3 Å². The van der Waals surface area contributed by atoms with E-state index in [0.29, 0.717) is 12.2 Å². The van der Waals surface area contributed by atoms with Crippen LogP contribution in [0.1, 0.15) is 33.1 Å². The van der Waals surface area contributed by atoms with Crippen LogP contribution in [0, 0.1) is 11.8 Å². The number of ether oxygens (including phenoxy) is 1. The zero-order valence-electron chi connectivity index (χ0n) is 12.7. The Morgan fingerprint density at radius 1 is 1.32 bits per heavy atom. The van der Waals surface area contributed by atoms with E-state index in [2.05, 4.69) is 11.8 Å². The summed E-state index contributed by atoms with van der Waals surface area (Å²) in [5.41, 5.74) is 0. The first kappa shape index (κ1) is 18.1. The molecule has 120 valence electrons. The smallest absolute Gasteiger partial charge is 0.322 e. The van der Waals surface area contributed by atoms with Crippen LogP contribution in [0.3, 0.4) is 0 Å². The van der Waals surface area contributed by atoms with Gasteiger partial charge in [0.15, 0.2) is 15.1 Å². The van der Waals surface area contributed by atoms with Gasteiger partial charge in [0, 0.05) is 0 Å². The van der Waals surface area contributed by atoms with E-state index < -0.39 is 21.1 Å². The molecule has 0 aliphatic carbocycles. The summed E-state index contributed by atoms with van der Waals surface area (Å²) < 4.78 is 30.1. The van der Waals surface area contributed by atoms with Gasteiger partial charge in [0.2, 0.25) is 0 Å². The van der Waals surface area contributed by atoms with Crippen LogP contribution in [0.15, 0.2) is 29.2 Å². The first-order valence-corrected chi connectivity index (χ1v) is 8.57. The Bertz CT molecular complexity index is 650. The third kappa shape index (κ3) is 4.78. The summed E-state index contributed by atoms with van der Waals surface area (Å²) in [7, 11) is -3.90. The molecule has 0 fully saturated rings. The molecule has 0 heterocycles. The number of carboxylic acids is 1. The van der Waals surface area contributed by atoms with E-state index in [9.17, 15) is 18.3 Å². The number of carboxylic acid groups (broad SMARTS) is 1. The zero-order chi connectivity index (χ0) is 16.6. The minimum atomic E-state index is -3.90. The summed E-state index contributed by atoms with van der Waals surface area (Å²) in [5, 5.41) is 7.76. The zero-order valence-corrected chi connectivity index (χ0v) is 13.5. The summed E-state index contributed by atoms with van der Waals surface area (Å²) in [6.07, 6.45) is 1.40. The number of hydrogen-bond acceptors (Lipinski definition) is 4. The predicted molar refractivity (Wildman–Crippen MR) is 83.5 cm³/mol. The standard InChI is InChI=1S/C16H20O5S/c1-3-5-7-15(16(17)18)22(19,20)14-10-8-13(9-11-14)21-12-6-4-2/h8-11,15H,3,5,7,12H2,1-2H3,(H,17,18). The Morgan fingerprint density at radius 3 is 2.45 bits per heavy atom. The maximum atomic E-state index is 12.4. The van der Waals surface area contributed by atoms with Gasteiger partial charge in [-0.3, -0.25) is 4.79 Å². The molecular formula is C16H20O5S. The molecule has 1 aromatic rings. The lowest BCUT2D eigenvalue weighted by Crippen LogP contribution is -2.30. The molecule has 0 amide bonds. The van der Waals surface area contributed by atoms with Crippen LogP contribution in [0.5, 0.6) is 5.75 Å². The van der Waals surface area contributed by atoms with Crippen LogP contribution >= 0.6 is 0 Å². The van der Waals surface area contributed by atoms with Crippen molar-refractivity contribution in [2.45, 2.75) is 43.3 Å². The molecule has 1 rings (SSSR count). The highest BCUT2D eigenvalue weighted by Crippen LogP contribution is 2.23. The van der Waals surface area contributed by atoms with Gasteiger partial charge in [-0.1, -0.05) is 25.7 Å². The molecule has 0 aromatic heterocycles. The summed E-state index contributed by atoms with van der Waals surface area (Å²) in [6, 6.07) is 5.74. The number of carbonyl (C=O) groups is 1. The average molecular weight is 324 g/mol. The van der Waals surface area contributed by atoms with Gasteiger partial charge in [-0.05, 0) is 37.6 Å². The van der Waals surface area contributed by atoms with Gasteiger partial charge in [0.25, 0.3) is 0 Å². The van der Waals surface area contributed by atoms with E-state index in [-0.39, 0.29) is 17.9 Å². The quantitative estimate of drug-likeness (QED) is 0.743. The average Bonchev–Trinajstić information content (AvgIpc) is 2.48. The molecule has 1 aromatic carbocycles. The van der Waals surface area contributed by atoms with Crippen molar-refractivity contribution in [1.29, 1.82) is 0 Å². The molecule has 0 bridgehead atoms. The van der Waals surface area contributed by atoms with Gasteiger partial charge in [-0.25, -0.2) is 8.42 Å². The fourth-order valence-electron chi connectivity index (χ4n) is 1.88. The van der Waals surface area contributed by atoms with Gasteiger partial charge in [-0.2, -0.15) is 0 Å². The Kier molecular flexibility index (Phi) is 6.93. The Hall–Kier alpha value is -2.00. The molecule has 0 spiro atoms. The van der Waals surface area contributed by atoms with Crippen LogP contribution in [0.4, 0.5) is 0 Å². The molecule has 1 N–H and O–H groups in total. The minimum absolute atomic E-state index is 0.00933. The molecule has 5 nitrogen and oxygen atoms in total. The minimum Gasteiger partial charge on any atom is -0.481 e. The molecule has 1 atom stereocenters. The molecule has 6 heteroatoms. The highest BCUT2D eigenvalue weighted by atomic mass is 32.2. The van der Waals surface area contributed by atoms with E-state index in [0.717, 1.165) is 6.42 Å². The molecule has 0 saturated heterocycles. The van der Waals surface area contributed by atoms with Crippen molar-refractivity contribution in [3.8, 4) is 17.6 Å². The van der Waals surface area contributed by atoms with Crippen molar-refractivity contribution in [2.24, 2.45) is 0 Å². The molecule has 0 saturated carbocycles. The molecule has 0 radical (unpaired) electrons. The van der Waals surface area contributed by atoms with Crippen molar-refractivity contribution in [2.75, 3.05) is 6.61 Å². The number of hydrogen-bond donors (Lipinski definition) is 1. The second-order valence-corrected chi connectivity index (χ2v) is 6.83. The van der Waals surface area contributed by atoms with Gasteiger partial charge in [0.05, 0.1) is 4.90 Å². The highest BCUT2D eigenvalue weighted by molar-refractivity contribution is 7.92. The highest BCUT2D eigenvalue weighted by Gasteiger charge is 2.33. The molecule has 22 heavy (non-hydrogen) atoms. The van der Waals surface area contributed by atoms with Crippen molar-refractivity contribution < 1.29 is 23.1 Å². The van der Waals surface area contributed by atoms with E-state index in [1.54, 1.807) is 6.92 Å². The van der Waals surface area contributed by atoms with Gasteiger partial charge < -0.3 is 9.84 Å². The lowest BCUT2D eigenvalue weighted by Gasteiger charge is -2.13. The second kappa shape index (κ2) is 8.44. The van der Waals surface area contributed by atoms with Crippen molar-refractivity contribution in [3.63, 3.8) is 0 Å². The van der Waals surface area contributed by atoms with Gasteiger partial charge in [-0.15, -0.1) is 5.92 Å². The van der Waals surface area contributed by atoms with Crippen molar-refractivity contribution in [1.82, 2.24) is 0 Å². The normalized spacial score (nSPS) is 12.1. The van der Waals surface area contributed by atoms with E-state index in [4.69, 9.17) is 4.74 Å². The lowest BCUT2D eigenvalue weighted by atomic mass is 10.2. The number of rotatable bonds is 8. The van der Waals surface area contributed by atoms with E-state index in [1.807, 2.05) is 6.92 Å². The van der Waals surface area contributed by atoms with E-state index >= 15 is 0 Å². The van der Waals surface area contributed by atoms with Gasteiger partial charge in [0.1, 0.15) is 12.4 Å². The molecule has 0 aliphatic rings. The number of aliphatic carboxylic acids is 1. The summed E-state index contributed by atoms with van der Waals surface area (Å²) in [6.45, 7) is 3.80. The van der Waals surface area contributed by atoms with Crippen LogP contribution in [0.2, 0.25) is 0 Å². The summed E-state index contributed by atoms with van der Waals surface area (Å²) in [4.78, 5) is 11.2. The van der Waals surface area contributed by atoms with Gasteiger partial charge >= 0.3 is 5.97 Å². The Labute approximate surface area is 131 Å². The maximum absolute atomic E-state index is 12.4. The van der Waals surface area contributed by atoms with Crippen LogP contribution in [-0.2, 0) is 14.6 Å². The number of benzene rings is 1. The fourth-order valence-corrected chi connectivity index (χ4v) is 3.47. The molecule has 1 unspecified atom stereocenters. The lowest BCUT2D eigenvalue weighted by molar-refractivity contribution is -0.136. The third-order valence-electron chi connectivity index (χ3n) is 3.11. The summed E-state index contributed by atoms with van der Waals surface area (Å²) >= 11 is 0. The topological polar surface area (TPSA) is 80.7 Å². The second-order valence-electron chi connectivity index (χ2n) is 4.70. The number of sulfone groups is 1. The third-order valence-corrected chi connectivity index (χ3v) is 5.23. The first-order chi connectivity index (χ1) is 10.4. The molecule has 0 aliphatic heterocycles. The SMILES string of the molecule is CC#CCOc1ccc(S(=O)(=O)C(CCCC)C(=O)O)cc1.